The molecule has 0 aliphatic rings. The second-order valence-corrected chi connectivity index (χ2v) is 5.43. The average Bonchev–Trinajstić information content (AvgIpc) is 2.50. The molecule has 0 saturated carbocycles. The number of hydrogen-bond acceptors (Lipinski definition) is 3. The first-order valence-electron chi connectivity index (χ1n) is 7.16. The molecule has 0 bridgehead atoms. The second kappa shape index (κ2) is 6.74. The van der Waals surface area contributed by atoms with Crippen molar-refractivity contribution in [3.63, 3.8) is 0 Å². The molecule has 2 atom stereocenters. The van der Waals surface area contributed by atoms with Crippen LogP contribution in [0.3, 0.4) is 0 Å². The summed E-state index contributed by atoms with van der Waals surface area (Å²) in [5, 5.41) is 10.7. The van der Waals surface area contributed by atoms with E-state index in [9.17, 15) is 5.11 Å². The zero-order chi connectivity index (χ0) is 15.4. The Morgan fingerprint density at radius 1 is 1.05 bits per heavy atom. The molecule has 2 aromatic rings. The summed E-state index contributed by atoms with van der Waals surface area (Å²) in [5.74, 6) is 0.657. The highest BCUT2D eigenvalue weighted by Crippen LogP contribution is 2.32. The lowest BCUT2D eigenvalue weighted by atomic mass is 9.88. The van der Waals surface area contributed by atoms with Gasteiger partial charge in [0.1, 0.15) is 5.75 Å². The molecular weight excluding hydrogens is 262 g/mol. The Balaban J connectivity index is 2.31. The van der Waals surface area contributed by atoms with Gasteiger partial charge < -0.3 is 15.6 Å². The summed E-state index contributed by atoms with van der Waals surface area (Å²) in [7, 11) is 1.64. The molecule has 2 rings (SSSR count). The van der Waals surface area contributed by atoms with E-state index in [1.54, 1.807) is 7.11 Å². The summed E-state index contributed by atoms with van der Waals surface area (Å²) in [4.78, 5) is 0. The van der Waals surface area contributed by atoms with Crippen LogP contribution in [-0.4, -0.2) is 18.8 Å². The summed E-state index contributed by atoms with van der Waals surface area (Å²) in [6.45, 7) is 4.41. The van der Waals surface area contributed by atoms with Gasteiger partial charge in [0.05, 0.1) is 13.2 Å². The molecule has 0 amide bonds. The molecule has 3 heteroatoms. The summed E-state index contributed by atoms with van der Waals surface area (Å²) in [6.07, 6.45) is -0.646. The third-order valence-electron chi connectivity index (χ3n) is 3.91. The topological polar surface area (TPSA) is 55.5 Å². The fourth-order valence-electron chi connectivity index (χ4n) is 2.51. The van der Waals surface area contributed by atoms with Crippen molar-refractivity contribution in [3.05, 3.63) is 64.7 Å². The van der Waals surface area contributed by atoms with Crippen LogP contribution in [0, 0.1) is 13.8 Å². The maximum atomic E-state index is 10.7. The number of nitrogens with two attached hydrogens (primary N) is 1. The fraction of sp³-hybridized carbons (Fsp3) is 0.333. The van der Waals surface area contributed by atoms with Crippen molar-refractivity contribution in [1.82, 2.24) is 0 Å². The number of rotatable bonds is 5. The average molecular weight is 285 g/mol. The Labute approximate surface area is 126 Å². The van der Waals surface area contributed by atoms with E-state index < -0.39 is 6.10 Å². The molecule has 21 heavy (non-hydrogen) atoms. The smallest absolute Gasteiger partial charge is 0.122 e. The summed E-state index contributed by atoms with van der Waals surface area (Å²) < 4.78 is 5.33. The van der Waals surface area contributed by atoms with Gasteiger partial charge >= 0.3 is 0 Å². The quantitative estimate of drug-likeness (QED) is 0.887. The van der Waals surface area contributed by atoms with Gasteiger partial charge in [0.2, 0.25) is 0 Å². The van der Waals surface area contributed by atoms with E-state index in [-0.39, 0.29) is 5.92 Å². The van der Waals surface area contributed by atoms with Crippen molar-refractivity contribution < 1.29 is 9.84 Å². The minimum Gasteiger partial charge on any atom is -0.496 e. The normalized spacial score (nSPS) is 13.8. The highest BCUT2D eigenvalue weighted by atomic mass is 16.5. The summed E-state index contributed by atoms with van der Waals surface area (Å²) >= 11 is 0. The highest BCUT2D eigenvalue weighted by Gasteiger charge is 2.22. The highest BCUT2D eigenvalue weighted by molar-refractivity contribution is 5.39. The van der Waals surface area contributed by atoms with E-state index >= 15 is 0 Å². The predicted molar refractivity (Wildman–Crippen MR) is 85.7 cm³/mol. The minimum atomic E-state index is -0.646. The molecule has 0 aliphatic carbocycles. The first-order chi connectivity index (χ1) is 10.1. The minimum absolute atomic E-state index is 0.127. The van der Waals surface area contributed by atoms with Gasteiger partial charge in [-0.15, -0.1) is 0 Å². The molecule has 2 aromatic carbocycles. The van der Waals surface area contributed by atoms with E-state index in [0.717, 1.165) is 22.4 Å². The first-order valence-corrected chi connectivity index (χ1v) is 7.16. The summed E-state index contributed by atoms with van der Waals surface area (Å²) in [6, 6.07) is 13.9. The molecular formula is C18H23NO2. The maximum Gasteiger partial charge on any atom is 0.122 e. The molecule has 0 fully saturated rings. The van der Waals surface area contributed by atoms with Gasteiger partial charge in [-0.1, -0.05) is 42.0 Å². The van der Waals surface area contributed by atoms with Crippen LogP contribution >= 0.6 is 0 Å². The molecule has 0 aliphatic heterocycles. The molecule has 2 unspecified atom stereocenters. The molecule has 0 radical (unpaired) electrons. The lowest BCUT2D eigenvalue weighted by Gasteiger charge is -2.23. The van der Waals surface area contributed by atoms with Crippen molar-refractivity contribution in [2.75, 3.05) is 13.7 Å². The molecule has 0 aromatic heterocycles. The van der Waals surface area contributed by atoms with Crippen LogP contribution in [0.5, 0.6) is 5.75 Å². The van der Waals surface area contributed by atoms with Crippen LogP contribution in [0.25, 0.3) is 0 Å². The molecule has 3 N–H and O–H groups in total. The first kappa shape index (κ1) is 15.5. The van der Waals surface area contributed by atoms with Gasteiger partial charge in [0, 0.05) is 12.5 Å². The third-order valence-corrected chi connectivity index (χ3v) is 3.91. The maximum absolute atomic E-state index is 10.7. The number of ether oxygens (including phenoxy) is 1. The van der Waals surface area contributed by atoms with Crippen molar-refractivity contribution in [2.24, 2.45) is 5.73 Å². The second-order valence-electron chi connectivity index (χ2n) is 5.43. The number of aryl methyl sites for hydroxylation is 2. The van der Waals surface area contributed by atoms with Crippen LogP contribution in [0.1, 0.15) is 34.3 Å². The van der Waals surface area contributed by atoms with Gasteiger partial charge in [0.15, 0.2) is 0 Å². The van der Waals surface area contributed by atoms with Crippen LogP contribution < -0.4 is 10.5 Å². The van der Waals surface area contributed by atoms with E-state index in [1.165, 1.54) is 5.56 Å². The number of benzene rings is 2. The Morgan fingerprint density at radius 3 is 2.24 bits per heavy atom. The van der Waals surface area contributed by atoms with Gasteiger partial charge in [0.25, 0.3) is 0 Å². The SMILES string of the molecule is COc1cc(C(O)C(CN)c2ccc(C)cc2)ccc1C. The molecule has 0 heterocycles. The molecule has 0 spiro atoms. The lowest BCUT2D eigenvalue weighted by Crippen LogP contribution is -2.20. The number of methoxy groups -OCH3 is 1. The van der Waals surface area contributed by atoms with Gasteiger partial charge in [-0.25, -0.2) is 0 Å². The number of aliphatic hydroxyl groups excluding tert-OH is 1. The van der Waals surface area contributed by atoms with E-state index in [2.05, 4.69) is 0 Å². The van der Waals surface area contributed by atoms with Crippen molar-refractivity contribution in [1.29, 1.82) is 0 Å². The van der Waals surface area contributed by atoms with Crippen molar-refractivity contribution in [2.45, 2.75) is 25.9 Å². The lowest BCUT2D eigenvalue weighted by molar-refractivity contribution is 0.147. The Kier molecular flexibility index (Phi) is 4.99. The number of aliphatic hydroxyl groups is 1. The molecule has 112 valence electrons. The van der Waals surface area contributed by atoms with Crippen LogP contribution in [0.2, 0.25) is 0 Å². The van der Waals surface area contributed by atoms with E-state index in [1.807, 2.05) is 56.3 Å². The zero-order valence-electron chi connectivity index (χ0n) is 12.8. The van der Waals surface area contributed by atoms with Crippen LogP contribution in [0.15, 0.2) is 42.5 Å². The van der Waals surface area contributed by atoms with Gasteiger partial charge in [-0.2, -0.15) is 0 Å². The number of hydrogen-bond donors (Lipinski definition) is 2. The largest absolute Gasteiger partial charge is 0.496 e. The van der Waals surface area contributed by atoms with E-state index in [4.69, 9.17) is 10.5 Å². The van der Waals surface area contributed by atoms with E-state index in [0.29, 0.717) is 6.54 Å². The standard InChI is InChI=1S/C18H23NO2/c1-12-4-7-14(8-5-12)16(11-19)18(20)15-9-6-13(2)17(10-15)21-3/h4-10,16,18,20H,11,19H2,1-3H3. The van der Waals surface area contributed by atoms with Crippen LogP contribution in [0.4, 0.5) is 0 Å². The van der Waals surface area contributed by atoms with Crippen LogP contribution in [-0.2, 0) is 0 Å². The molecule has 3 nitrogen and oxygen atoms in total. The Morgan fingerprint density at radius 2 is 1.67 bits per heavy atom. The summed E-state index contributed by atoms with van der Waals surface area (Å²) in [5.41, 5.74) is 10.0. The van der Waals surface area contributed by atoms with Crippen molar-refractivity contribution >= 4 is 0 Å². The Bertz CT molecular complexity index is 593. The fourth-order valence-corrected chi connectivity index (χ4v) is 2.51. The van der Waals surface area contributed by atoms with Gasteiger partial charge in [-0.3, -0.25) is 0 Å². The van der Waals surface area contributed by atoms with Gasteiger partial charge in [-0.05, 0) is 36.6 Å². The third kappa shape index (κ3) is 3.43. The monoisotopic (exact) mass is 285 g/mol. The Hall–Kier alpha value is -1.84. The zero-order valence-corrected chi connectivity index (χ0v) is 12.8. The molecule has 0 saturated heterocycles. The predicted octanol–water partition coefficient (Wildman–Crippen LogP) is 3.09. The van der Waals surface area contributed by atoms with Crippen molar-refractivity contribution in [3.8, 4) is 5.75 Å².